The minimum absolute atomic E-state index is 0.195. The number of sulfone groups is 1. The van der Waals surface area contributed by atoms with Crippen molar-refractivity contribution < 1.29 is 13.2 Å². The lowest BCUT2D eigenvalue weighted by Gasteiger charge is -2.38. The summed E-state index contributed by atoms with van der Waals surface area (Å²) in [5, 5.41) is -0.959. The second-order valence-electron chi connectivity index (χ2n) is 4.38. The molecule has 1 aliphatic rings. The maximum atomic E-state index is 12.0. The van der Waals surface area contributed by atoms with Crippen LogP contribution in [0.2, 0.25) is 0 Å². The first kappa shape index (κ1) is 13.4. The molecule has 2 N–H and O–H groups in total. The summed E-state index contributed by atoms with van der Waals surface area (Å²) < 4.78 is 22.7. The van der Waals surface area contributed by atoms with E-state index >= 15 is 0 Å². The van der Waals surface area contributed by atoms with E-state index in [2.05, 4.69) is 0 Å². The summed E-state index contributed by atoms with van der Waals surface area (Å²) in [5.41, 5.74) is 5.45. The first-order valence-corrected chi connectivity index (χ1v) is 7.52. The number of amides is 1. The molecule has 6 heteroatoms. The van der Waals surface area contributed by atoms with Gasteiger partial charge in [0.2, 0.25) is 5.91 Å². The average Bonchev–Trinajstić information content (AvgIpc) is 2.10. The molecular weight excluding hydrogens is 228 g/mol. The van der Waals surface area contributed by atoms with Gasteiger partial charge in [-0.25, -0.2) is 8.42 Å². The molecular formula is C10H20N2O3S. The van der Waals surface area contributed by atoms with Gasteiger partial charge in [-0.1, -0.05) is 0 Å². The molecule has 16 heavy (non-hydrogen) atoms. The van der Waals surface area contributed by atoms with Crippen LogP contribution in [0.15, 0.2) is 0 Å². The van der Waals surface area contributed by atoms with Crippen molar-refractivity contribution in [2.75, 3.05) is 19.3 Å². The quantitative estimate of drug-likeness (QED) is 0.728. The van der Waals surface area contributed by atoms with Gasteiger partial charge in [-0.15, -0.1) is 0 Å². The number of rotatable bonds is 5. The van der Waals surface area contributed by atoms with Gasteiger partial charge >= 0.3 is 0 Å². The molecule has 0 saturated heterocycles. The summed E-state index contributed by atoms with van der Waals surface area (Å²) in [6, 6.07) is 0.195. The summed E-state index contributed by atoms with van der Waals surface area (Å²) in [6.07, 6.45) is 4.12. The summed E-state index contributed by atoms with van der Waals surface area (Å²) in [6.45, 7) is 2.27. The molecule has 1 atom stereocenters. The van der Waals surface area contributed by atoms with E-state index < -0.39 is 15.1 Å². The minimum Gasteiger partial charge on any atom is -0.337 e. The van der Waals surface area contributed by atoms with Crippen molar-refractivity contribution in [1.29, 1.82) is 0 Å². The highest BCUT2D eigenvalue weighted by Gasteiger charge is 2.34. The van der Waals surface area contributed by atoms with E-state index in [9.17, 15) is 13.2 Å². The third-order valence-electron chi connectivity index (χ3n) is 3.16. The number of nitrogens with zero attached hydrogens (tertiary/aromatic N) is 1. The van der Waals surface area contributed by atoms with E-state index in [1.165, 1.54) is 6.92 Å². The van der Waals surface area contributed by atoms with Crippen LogP contribution in [-0.2, 0) is 14.6 Å². The van der Waals surface area contributed by atoms with Gasteiger partial charge < -0.3 is 10.6 Å². The van der Waals surface area contributed by atoms with Gasteiger partial charge in [0.15, 0.2) is 9.84 Å². The molecule has 0 aromatic rings. The van der Waals surface area contributed by atoms with Crippen LogP contribution < -0.4 is 5.73 Å². The summed E-state index contributed by atoms with van der Waals surface area (Å²) in [4.78, 5) is 13.6. The SMILES string of the molecule is CC(C(=O)N(CCN)C1CCC1)S(C)(=O)=O. The van der Waals surface area contributed by atoms with E-state index in [4.69, 9.17) is 5.73 Å². The van der Waals surface area contributed by atoms with Crippen molar-refractivity contribution >= 4 is 15.7 Å². The Morgan fingerprint density at radius 3 is 2.38 bits per heavy atom. The predicted molar refractivity (Wildman–Crippen MR) is 62.7 cm³/mol. The van der Waals surface area contributed by atoms with Gasteiger partial charge in [0, 0.05) is 25.4 Å². The zero-order valence-corrected chi connectivity index (χ0v) is 10.7. The van der Waals surface area contributed by atoms with Gasteiger partial charge in [0.1, 0.15) is 5.25 Å². The van der Waals surface area contributed by atoms with Gasteiger partial charge in [-0.2, -0.15) is 0 Å². The molecule has 0 radical (unpaired) electrons. The lowest BCUT2D eigenvalue weighted by molar-refractivity contribution is -0.134. The van der Waals surface area contributed by atoms with Crippen molar-refractivity contribution in [2.24, 2.45) is 5.73 Å². The molecule has 0 aromatic heterocycles. The Hall–Kier alpha value is -0.620. The molecule has 1 amide bonds. The molecule has 1 aliphatic carbocycles. The third kappa shape index (κ3) is 2.95. The summed E-state index contributed by atoms with van der Waals surface area (Å²) in [5.74, 6) is -0.308. The largest absolute Gasteiger partial charge is 0.337 e. The molecule has 1 saturated carbocycles. The summed E-state index contributed by atoms with van der Waals surface area (Å²) in [7, 11) is -3.32. The van der Waals surface area contributed by atoms with Crippen molar-refractivity contribution in [3.63, 3.8) is 0 Å². The number of carbonyl (C=O) groups is 1. The van der Waals surface area contributed by atoms with Crippen molar-refractivity contribution in [3.05, 3.63) is 0 Å². The first-order chi connectivity index (χ1) is 7.38. The first-order valence-electron chi connectivity index (χ1n) is 5.57. The van der Waals surface area contributed by atoms with E-state index in [1.54, 1.807) is 4.90 Å². The molecule has 1 rings (SSSR count). The van der Waals surface area contributed by atoms with Crippen LogP contribution in [0.25, 0.3) is 0 Å². The maximum Gasteiger partial charge on any atom is 0.240 e. The standard InChI is InChI=1S/C10H20N2O3S/c1-8(16(2,14)15)10(13)12(7-6-11)9-4-3-5-9/h8-9H,3-7,11H2,1-2H3. The molecule has 94 valence electrons. The maximum absolute atomic E-state index is 12.0. The van der Waals surface area contributed by atoms with Crippen molar-refractivity contribution in [2.45, 2.75) is 37.5 Å². The molecule has 1 unspecified atom stereocenters. The second kappa shape index (κ2) is 5.14. The monoisotopic (exact) mass is 248 g/mol. The van der Waals surface area contributed by atoms with Crippen molar-refractivity contribution in [1.82, 2.24) is 4.90 Å². The summed E-state index contributed by atoms with van der Waals surface area (Å²) >= 11 is 0. The zero-order chi connectivity index (χ0) is 12.3. The topological polar surface area (TPSA) is 80.5 Å². The molecule has 0 aliphatic heterocycles. The smallest absolute Gasteiger partial charge is 0.240 e. The predicted octanol–water partition coefficient (Wildman–Crippen LogP) is -0.241. The Labute approximate surface area is 96.9 Å². The molecule has 0 heterocycles. The van der Waals surface area contributed by atoms with Crippen LogP contribution >= 0.6 is 0 Å². The Kier molecular flexibility index (Phi) is 4.32. The minimum atomic E-state index is -3.32. The highest BCUT2D eigenvalue weighted by atomic mass is 32.2. The molecule has 0 spiro atoms. The van der Waals surface area contributed by atoms with Crippen LogP contribution in [0.3, 0.4) is 0 Å². The van der Waals surface area contributed by atoms with E-state index in [0.29, 0.717) is 13.1 Å². The van der Waals surface area contributed by atoms with E-state index in [0.717, 1.165) is 25.5 Å². The zero-order valence-electron chi connectivity index (χ0n) is 9.85. The molecule has 0 bridgehead atoms. The third-order valence-corrected chi connectivity index (χ3v) is 4.64. The van der Waals surface area contributed by atoms with Crippen molar-refractivity contribution in [3.8, 4) is 0 Å². The highest BCUT2D eigenvalue weighted by molar-refractivity contribution is 7.92. The highest BCUT2D eigenvalue weighted by Crippen LogP contribution is 2.25. The number of nitrogens with two attached hydrogens (primary N) is 1. The lowest BCUT2D eigenvalue weighted by atomic mass is 9.91. The molecule has 1 fully saturated rings. The van der Waals surface area contributed by atoms with Crippen LogP contribution in [-0.4, -0.2) is 49.9 Å². The van der Waals surface area contributed by atoms with Gasteiger partial charge in [-0.05, 0) is 26.2 Å². The van der Waals surface area contributed by atoms with Crippen LogP contribution in [0.5, 0.6) is 0 Å². The van der Waals surface area contributed by atoms with Crippen LogP contribution in [0.1, 0.15) is 26.2 Å². The van der Waals surface area contributed by atoms with Gasteiger partial charge in [-0.3, -0.25) is 4.79 Å². The number of hydrogen-bond donors (Lipinski definition) is 1. The fraction of sp³-hybridized carbons (Fsp3) is 0.900. The van der Waals surface area contributed by atoms with Crippen LogP contribution in [0.4, 0.5) is 0 Å². The molecule has 5 nitrogen and oxygen atoms in total. The molecule has 0 aromatic carbocycles. The lowest BCUT2D eigenvalue weighted by Crippen LogP contribution is -2.51. The normalized spacial score (nSPS) is 18.9. The Bertz CT molecular complexity index is 349. The van der Waals surface area contributed by atoms with Gasteiger partial charge in [0.25, 0.3) is 0 Å². The van der Waals surface area contributed by atoms with Crippen LogP contribution in [0, 0.1) is 0 Å². The average molecular weight is 248 g/mol. The Morgan fingerprint density at radius 1 is 1.50 bits per heavy atom. The number of hydrogen-bond acceptors (Lipinski definition) is 4. The van der Waals surface area contributed by atoms with E-state index in [-0.39, 0.29) is 11.9 Å². The van der Waals surface area contributed by atoms with Gasteiger partial charge in [0.05, 0.1) is 0 Å². The Morgan fingerprint density at radius 2 is 2.06 bits per heavy atom. The Balaban J connectivity index is 2.74. The fourth-order valence-electron chi connectivity index (χ4n) is 1.73. The number of carbonyl (C=O) groups excluding carboxylic acids is 1. The van der Waals surface area contributed by atoms with E-state index in [1.807, 2.05) is 0 Å². The fourth-order valence-corrected chi connectivity index (χ4v) is 2.23. The second-order valence-corrected chi connectivity index (χ2v) is 6.74.